The summed E-state index contributed by atoms with van der Waals surface area (Å²) in [7, 11) is 1.78. The van der Waals surface area contributed by atoms with Crippen molar-refractivity contribution in [2.45, 2.75) is 13.5 Å². The molecule has 2 N–H and O–H groups in total. The average Bonchev–Trinajstić information content (AvgIpc) is 2.84. The van der Waals surface area contributed by atoms with Crippen LogP contribution in [-0.4, -0.2) is 27.2 Å². The molecule has 1 aromatic carbocycles. The Hall–Kier alpha value is -2.08. The monoisotopic (exact) mass is 293 g/mol. The molecule has 1 heterocycles. The minimum Gasteiger partial charge on any atom is -0.385 e. The molecule has 20 heavy (non-hydrogen) atoms. The van der Waals surface area contributed by atoms with Crippen LogP contribution in [0.25, 0.3) is 0 Å². The number of nitrogens with zero attached hydrogens (tertiary/aromatic N) is 3. The summed E-state index contributed by atoms with van der Waals surface area (Å²) >= 11 is 5.95. The third-order valence-electron chi connectivity index (χ3n) is 2.65. The van der Waals surface area contributed by atoms with Gasteiger partial charge in [0.05, 0.1) is 12.1 Å². The van der Waals surface area contributed by atoms with E-state index in [0.717, 1.165) is 12.2 Å². The van der Waals surface area contributed by atoms with E-state index >= 15 is 0 Å². The molecule has 0 atom stereocenters. The van der Waals surface area contributed by atoms with Gasteiger partial charge in [-0.1, -0.05) is 11.6 Å². The summed E-state index contributed by atoms with van der Waals surface area (Å²) < 4.78 is 1.59. The highest BCUT2D eigenvalue weighted by molar-refractivity contribution is 6.31. The number of carbonyl (C=O) groups is 1. The lowest BCUT2D eigenvalue weighted by Crippen LogP contribution is -2.24. The van der Waals surface area contributed by atoms with Gasteiger partial charge in [-0.2, -0.15) is 5.10 Å². The molecular formula is C13H16ClN5O. The van der Waals surface area contributed by atoms with Gasteiger partial charge in [-0.3, -0.25) is 9.48 Å². The van der Waals surface area contributed by atoms with Crippen LogP contribution in [0.2, 0.25) is 5.02 Å². The van der Waals surface area contributed by atoms with Gasteiger partial charge in [0.1, 0.15) is 6.33 Å². The van der Waals surface area contributed by atoms with Crippen molar-refractivity contribution in [1.29, 1.82) is 0 Å². The van der Waals surface area contributed by atoms with E-state index in [1.54, 1.807) is 36.3 Å². The topological polar surface area (TPSA) is 71.8 Å². The van der Waals surface area contributed by atoms with Gasteiger partial charge in [0.25, 0.3) is 5.91 Å². The zero-order chi connectivity index (χ0) is 14.5. The third-order valence-corrected chi connectivity index (χ3v) is 2.88. The number of aromatic nitrogens is 3. The van der Waals surface area contributed by atoms with Gasteiger partial charge in [-0.05, 0) is 25.1 Å². The summed E-state index contributed by atoms with van der Waals surface area (Å²) in [6, 6.07) is 5.18. The second kappa shape index (κ2) is 6.38. The first kappa shape index (κ1) is 14.3. The quantitative estimate of drug-likeness (QED) is 0.882. The molecule has 0 saturated carbocycles. The van der Waals surface area contributed by atoms with E-state index in [2.05, 4.69) is 20.7 Å². The molecule has 0 bridgehead atoms. The molecule has 7 heteroatoms. The number of anilines is 1. The van der Waals surface area contributed by atoms with E-state index in [9.17, 15) is 4.79 Å². The fourth-order valence-electron chi connectivity index (χ4n) is 1.77. The predicted molar refractivity (Wildman–Crippen MR) is 77.8 cm³/mol. The SMILES string of the molecule is CCNc1ccc(Cl)cc1C(=O)NCc1ncn(C)n1. The van der Waals surface area contributed by atoms with Crippen molar-refractivity contribution < 1.29 is 4.79 Å². The van der Waals surface area contributed by atoms with Crippen LogP contribution in [0.4, 0.5) is 5.69 Å². The second-order valence-corrected chi connectivity index (χ2v) is 4.67. The van der Waals surface area contributed by atoms with E-state index in [0.29, 0.717) is 16.4 Å². The van der Waals surface area contributed by atoms with Gasteiger partial charge in [0, 0.05) is 24.3 Å². The Labute approximate surface area is 122 Å². The molecule has 2 aromatic rings. The van der Waals surface area contributed by atoms with E-state index in [-0.39, 0.29) is 12.5 Å². The molecule has 0 fully saturated rings. The normalized spacial score (nSPS) is 10.3. The number of amides is 1. The summed E-state index contributed by atoms with van der Waals surface area (Å²) in [6.07, 6.45) is 1.59. The van der Waals surface area contributed by atoms with Crippen molar-refractivity contribution in [2.75, 3.05) is 11.9 Å². The zero-order valence-electron chi connectivity index (χ0n) is 11.4. The largest absolute Gasteiger partial charge is 0.385 e. The molecule has 1 amide bonds. The molecule has 0 unspecified atom stereocenters. The first-order valence-electron chi connectivity index (χ1n) is 6.26. The molecule has 0 saturated heterocycles. The summed E-state index contributed by atoms with van der Waals surface area (Å²) in [4.78, 5) is 16.3. The molecule has 0 aliphatic rings. The van der Waals surface area contributed by atoms with Gasteiger partial charge in [0.15, 0.2) is 5.82 Å². The highest BCUT2D eigenvalue weighted by atomic mass is 35.5. The zero-order valence-corrected chi connectivity index (χ0v) is 12.1. The van der Waals surface area contributed by atoms with Crippen LogP contribution in [0.15, 0.2) is 24.5 Å². The minimum absolute atomic E-state index is 0.212. The van der Waals surface area contributed by atoms with E-state index in [1.807, 2.05) is 6.92 Å². The van der Waals surface area contributed by atoms with Gasteiger partial charge < -0.3 is 10.6 Å². The van der Waals surface area contributed by atoms with Crippen molar-refractivity contribution in [3.63, 3.8) is 0 Å². The number of halogens is 1. The van der Waals surface area contributed by atoms with Crippen LogP contribution in [0.5, 0.6) is 0 Å². The third kappa shape index (κ3) is 3.48. The maximum atomic E-state index is 12.2. The molecule has 0 aliphatic carbocycles. The van der Waals surface area contributed by atoms with Crippen molar-refractivity contribution in [2.24, 2.45) is 7.05 Å². The Balaban J connectivity index is 2.09. The number of hydrogen-bond donors (Lipinski definition) is 2. The van der Waals surface area contributed by atoms with Gasteiger partial charge in [-0.25, -0.2) is 4.98 Å². The molecule has 0 radical (unpaired) electrons. The summed E-state index contributed by atoms with van der Waals surface area (Å²) in [5.74, 6) is 0.351. The van der Waals surface area contributed by atoms with Crippen LogP contribution < -0.4 is 10.6 Å². The van der Waals surface area contributed by atoms with Gasteiger partial charge >= 0.3 is 0 Å². The first-order valence-corrected chi connectivity index (χ1v) is 6.64. The standard InChI is InChI=1S/C13H16ClN5O/c1-3-15-11-5-4-9(14)6-10(11)13(20)16-7-12-17-8-19(2)18-12/h4-6,8,15H,3,7H2,1-2H3,(H,16,20). The summed E-state index contributed by atoms with van der Waals surface area (Å²) in [5, 5.41) is 10.5. The molecule has 6 nitrogen and oxygen atoms in total. The number of carbonyl (C=O) groups excluding carboxylic acids is 1. The maximum Gasteiger partial charge on any atom is 0.253 e. The lowest BCUT2D eigenvalue weighted by molar-refractivity contribution is 0.0950. The maximum absolute atomic E-state index is 12.2. The highest BCUT2D eigenvalue weighted by Crippen LogP contribution is 2.20. The smallest absolute Gasteiger partial charge is 0.253 e. The minimum atomic E-state index is -0.212. The van der Waals surface area contributed by atoms with E-state index in [1.165, 1.54) is 0 Å². The van der Waals surface area contributed by atoms with Crippen molar-refractivity contribution in [3.8, 4) is 0 Å². The number of aryl methyl sites for hydroxylation is 1. The van der Waals surface area contributed by atoms with Gasteiger partial charge in [0.2, 0.25) is 0 Å². The number of hydrogen-bond acceptors (Lipinski definition) is 4. The molecule has 0 aliphatic heterocycles. The molecule has 2 rings (SSSR count). The number of rotatable bonds is 5. The molecule has 106 valence electrons. The average molecular weight is 294 g/mol. The van der Waals surface area contributed by atoms with Crippen LogP contribution in [0.1, 0.15) is 23.1 Å². The van der Waals surface area contributed by atoms with E-state index in [4.69, 9.17) is 11.6 Å². The van der Waals surface area contributed by atoms with Crippen molar-refractivity contribution in [1.82, 2.24) is 20.1 Å². The van der Waals surface area contributed by atoms with Crippen LogP contribution >= 0.6 is 11.6 Å². The van der Waals surface area contributed by atoms with Crippen LogP contribution in [0.3, 0.4) is 0 Å². The lowest BCUT2D eigenvalue weighted by Gasteiger charge is -2.10. The Morgan fingerprint density at radius 1 is 1.45 bits per heavy atom. The molecular weight excluding hydrogens is 278 g/mol. The van der Waals surface area contributed by atoms with Crippen LogP contribution in [-0.2, 0) is 13.6 Å². The van der Waals surface area contributed by atoms with Crippen molar-refractivity contribution >= 4 is 23.2 Å². The fourth-order valence-corrected chi connectivity index (χ4v) is 1.94. The molecule has 0 spiro atoms. The summed E-state index contributed by atoms with van der Waals surface area (Å²) in [6.45, 7) is 2.97. The highest BCUT2D eigenvalue weighted by Gasteiger charge is 2.12. The lowest BCUT2D eigenvalue weighted by atomic mass is 10.1. The Bertz CT molecular complexity index is 611. The predicted octanol–water partition coefficient (Wildman–Crippen LogP) is 1.83. The van der Waals surface area contributed by atoms with Crippen LogP contribution in [0, 0.1) is 0 Å². The van der Waals surface area contributed by atoms with E-state index < -0.39 is 0 Å². The molecule has 1 aromatic heterocycles. The number of nitrogens with one attached hydrogen (secondary N) is 2. The Kier molecular flexibility index (Phi) is 4.57. The van der Waals surface area contributed by atoms with Crippen molar-refractivity contribution in [3.05, 3.63) is 40.9 Å². The first-order chi connectivity index (χ1) is 9.60. The number of benzene rings is 1. The second-order valence-electron chi connectivity index (χ2n) is 4.24. The summed E-state index contributed by atoms with van der Waals surface area (Å²) in [5.41, 5.74) is 1.26. The van der Waals surface area contributed by atoms with Gasteiger partial charge in [-0.15, -0.1) is 0 Å². The Morgan fingerprint density at radius 2 is 2.25 bits per heavy atom. The Morgan fingerprint density at radius 3 is 2.90 bits per heavy atom. The fraction of sp³-hybridized carbons (Fsp3) is 0.308.